The quantitative estimate of drug-likeness (QED) is 0.669. The third kappa shape index (κ3) is 2.08. The van der Waals surface area contributed by atoms with E-state index in [0.717, 1.165) is 12.8 Å². The van der Waals surface area contributed by atoms with Crippen LogP contribution >= 0.6 is 0 Å². The highest BCUT2D eigenvalue weighted by Crippen LogP contribution is 2.24. The molecule has 2 aliphatic rings. The molecule has 1 heterocycles. The molecule has 0 amide bonds. The fourth-order valence-electron chi connectivity index (χ4n) is 1.79. The zero-order chi connectivity index (χ0) is 10.3. The highest BCUT2D eigenvalue weighted by Gasteiger charge is 2.38. The van der Waals surface area contributed by atoms with Crippen LogP contribution in [0.1, 0.15) is 26.2 Å². The monoisotopic (exact) mass is 220 g/mol. The molecule has 0 spiro atoms. The smallest absolute Gasteiger partial charge is 0.280 e. The van der Waals surface area contributed by atoms with E-state index < -0.39 is 16.3 Å². The summed E-state index contributed by atoms with van der Waals surface area (Å²) in [7, 11) is -3.36. The summed E-state index contributed by atoms with van der Waals surface area (Å²) in [5.41, 5.74) is 0. The van der Waals surface area contributed by atoms with Crippen molar-refractivity contribution in [3.63, 3.8) is 0 Å². The molecule has 82 valence electrons. The highest BCUT2D eigenvalue weighted by atomic mass is 32.2. The minimum atomic E-state index is -3.36. The average Bonchev–Trinajstić information content (AvgIpc) is 2.76. The zero-order valence-electron chi connectivity index (χ0n) is 8.18. The van der Waals surface area contributed by atoms with Gasteiger partial charge in [0.25, 0.3) is 10.2 Å². The van der Waals surface area contributed by atoms with Gasteiger partial charge in [0.05, 0.1) is 6.10 Å². The van der Waals surface area contributed by atoms with E-state index in [4.69, 9.17) is 0 Å². The molecule has 2 N–H and O–H groups in total. The molecule has 0 aromatic carbocycles. The van der Waals surface area contributed by atoms with Gasteiger partial charge >= 0.3 is 0 Å². The van der Waals surface area contributed by atoms with Crippen molar-refractivity contribution in [1.82, 2.24) is 9.03 Å². The maximum absolute atomic E-state index is 11.7. The van der Waals surface area contributed by atoms with Crippen molar-refractivity contribution >= 4 is 10.2 Å². The van der Waals surface area contributed by atoms with E-state index in [0.29, 0.717) is 6.42 Å². The van der Waals surface area contributed by atoms with Gasteiger partial charge in [0.2, 0.25) is 0 Å². The SMILES string of the molecule is CC1CC(O)CN1S(=O)(=O)NC1CC1. The summed E-state index contributed by atoms with van der Waals surface area (Å²) < 4.78 is 27.5. The molecule has 0 radical (unpaired) electrons. The maximum Gasteiger partial charge on any atom is 0.280 e. The van der Waals surface area contributed by atoms with Gasteiger partial charge in [-0.2, -0.15) is 17.4 Å². The summed E-state index contributed by atoms with van der Waals surface area (Å²) in [4.78, 5) is 0. The number of aliphatic hydroxyl groups excluding tert-OH is 1. The summed E-state index contributed by atoms with van der Waals surface area (Å²) in [6, 6.07) is 0.0335. The number of β-amino-alcohol motifs (C(OH)–C–C–N with tert-alkyl or cyclic N) is 1. The number of hydrogen-bond acceptors (Lipinski definition) is 3. The molecule has 14 heavy (non-hydrogen) atoms. The minimum Gasteiger partial charge on any atom is -0.392 e. The lowest BCUT2D eigenvalue weighted by Crippen LogP contribution is -2.43. The van der Waals surface area contributed by atoms with Gasteiger partial charge in [-0.05, 0) is 26.2 Å². The Kier molecular flexibility index (Phi) is 2.55. The first-order chi connectivity index (χ1) is 6.49. The first kappa shape index (κ1) is 10.4. The zero-order valence-corrected chi connectivity index (χ0v) is 9.00. The Labute approximate surface area is 84.3 Å². The van der Waals surface area contributed by atoms with Crippen LogP contribution in [0.4, 0.5) is 0 Å². The van der Waals surface area contributed by atoms with E-state index in [1.807, 2.05) is 6.92 Å². The predicted octanol–water partition coefficient (Wildman–Crippen LogP) is -0.562. The number of hydrogen-bond donors (Lipinski definition) is 2. The number of nitrogens with zero attached hydrogens (tertiary/aromatic N) is 1. The van der Waals surface area contributed by atoms with E-state index in [9.17, 15) is 13.5 Å². The molecule has 1 aliphatic heterocycles. The van der Waals surface area contributed by atoms with Gasteiger partial charge in [0.15, 0.2) is 0 Å². The first-order valence-corrected chi connectivity index (χ1v) is 6.40. The van der Waals surface area contributed by atoms with E-state index in [2.05, 4.69) is 4.72 Å². The molecule has 0 aromatic rings. The average molecular weight is 220 g/mol. The molecule has 6 heteroatoms. The van der Waals surface area contributed by atoms with Crippen molar-refractivity contribution in [1.29, 1.82) is 0 Å². The van der Waals surface area contributed by atoms with Crippen LogP contribution in [0.3, 0.4) is 0 Å². The van der Waals surface area contributed by atoms with Crippen LogP contribution in [0.5, 0.6) is 0 Å². The van der Waals surface area contributed by atoms with Crippen LogP contribution in [0.15, 0.2) is 0 Å². The third-order valence-corrected chi connectivity index (χ3v) is 4.45. The Morgan fingerprint density at radius 3 is 2.50 bits per heavy atom. The molecule has 2 atom stereocenters. The Balaban J connectivity index is 2.05. The second-order valence-corrected chi connectivity index (χ2v) is 5.86. The van der Waals surface area contributed by atoms with Crippen LogP contribution in [0.25, 0.3) is 0 Å². The minimum absolute atomic E-state index is 0.0961. The first-order valence-electron chi connectivity index (χ1n) is 4.96. The van der Waals surface area contributed by atoms with Crippen LogP contribution in [0.2, 0.25) is 0 Å². The summed E-state index contributed by atoms with van der Waals surface area (Å²) >= 11 is 0. The van der Waals surface area contributed by atoms with Gasteiger partial charge in [-0.25, -0.2) is 0 Å². The lowest BCUT2D eigenvalue weighted by Gasteiger charge is -2.20. The molecular formula is C8H16N2O3S. The van der Waals surface area contributed by atoms with Gasteiger partial charge in [0.1, 0.15) is 0 Å². The highest BCUT2D eigenvalue weighted by molar-refractivity contribution is 7.87. The van der Waals surface area contributed by atoms with Crippen LogP contribution in [-0.2, 0) is 10.2 Å². The van der Waals surface area contributed by atoms with Crippen molar-refractivity contribution < 1.29 is 13.5 Å². The van der Waals surface area contributed by atoms with Crippen molar-refractivity contribution in [3.05, 3.63) is 0 Å². The van der Waals surface area contributed by atoms with Gasteiger partial charge in [-0.15, -0.1) is 0 Å². The second kappa shape index (κ2) is 3.44. The Hall–Kier alpha value is -0.170. The lowest BCUT2D eigenvalue weighted by molar-refractivity contribution is 0.188. The van der Waals surface area contributed by atoms with Crippen LogP contribution < -0.4 is 4.72 Å². The summed E-state index contributed by atoms with van der Waals surface area (Å²) in [5.74, 6) is 0. The molecule has 0 aromatic heterocycles. The maximum atomic E-state index is 11.7. The molecular weight excluding hydrogens is 204 g/mol. The second-order valence-electron chi connectivity index (χ2n) is 4.21. The van der Waals surface area contributed by atoms with Crippen molar-refractivity contribution in [3.8, 4) is 0 Å². The molecule has 1 aliphatic carbocycles. The molecule has 2 unspecified atom stereocenters. The molecule has 1 saturated heterocycles. The molecule has 0 bridgehead atoms. The number of aliphatic hydroxyl groups is 1. The molecule has 1 saturated carbocycles. The Morgan fingerprint density at radius 1 is 1.43 bits per heavy atom. The summed E-state index contributed by atoms with van der Waals surface area (Å²) in [6.45, 7) is 2.05. The normalized spacial score (nSPS) is 35.0. The van der Waals surface area contributed by atoms with Gasteiger partial charge in [0, 0.05) is 18.6 Å². The number of nitrogens with one attached hydrogen (secondary N) is 1. The summed E-state index contributed by atoms with van der Waals surface area (Å²) in [6.07, 6.45) is 1.89. The topological polar surface area (TPSA) is 69.6 Å². The molecule has 2 fully saturated rings. The van der Waals surface area contributed by atoms with E-state index in [-0.39, 0.29) is 18.6 Å². The van der Waals surface area contributed by atoms with Crippen molar-refractivity contribution in [2.75, 3.05) is 6.54 Å². The van der Waals surface area contributed by atoms with Gasteiger partial charge < -0.3 is 5.11 Å². The van der Waals surface area contributed by atoms with Crippen molar-refractivity contribution in [2.45, 2.75) is 44.4 Å². The fourth-order valence-corrected chi connectivity index (χ4v) is 3.51. The number of rotatable bonds is 3. The van der Waals surface area contributed by atoms with E-state index in [1.165, 1.54) is 4.31 Å². The van der Waals surface area contributed by atoms with Crippen molar-refractivity contribution in [2.24, 2.45) is 0 Å². The molecule has 2 rings (SSSR count). The lowest BCUT2D eigenvalue weighted by atomic mass is 10.2. The predicted molar refractivity (Wildman–Crippen MR) is 51.9 cm³/mol. The Bertz CT molecular complexity index is 313. The van der Waals surface area contributed by atoms with Gasteiger partial charge in [-0.1, -0.05) is 0 Å². The van der Waals surface area contributed by atoms with Crippen LogP contribution in [-0.4, -0.2) is 42.6 Å². The van der Waals surface area contributed by atoms with E-state index in [1.54, 1.807) is 0 Å². The largest absolute Gasteiger partial charge is 0.392 e. The molecule has 5 nitrogen and oxygen atoms in total. The fraction of sp³-hybridized carbons (Fsp3) is 1.00. The van der Waals surface area contributed by atoms with E-state index >= 15 is 0 Å². The summed E-state index contributed by atoms with van der Waals surface area (Å²) in [5, 5.41) is 9.35. The third-order valence-electron chi connectivity index (χ3n) is 2.70. The Morgan fingerprint density at radius 2 is 2.07 bits per heavy atom. The van der Waals surface area contributed by atoms with Crippen LogP contribution in [0, 0.1) is 0 Å². The van der Waals surface area contributed by atoms with Gasteiger partial charge in [-0.3, -0.25) is 0 Å². The standard InChI is InChI=1S/C8H16N2O3S/c1-6-4-8(11)5-10(6)14(12,13)9-7-2-3-7/h6-9,11H,2-5H2,1H3.